The molecule has 2 unspecified atom stereocenters. The van der Waals surface area contributed by atoms with Crippen LogP contribution in [0.1, 0.15) is 28.9 Å². The Bertz CT molecular complexity index is 2050. The first-order chi connectivity index (χ1) is 20.1. The van der Waals surface area contributed by atoms with Gasteiger partial charge in [-0.1, -0.05) is 60.7 Å². The minimum Gasteiger partial charge on any atom is -0.485 e. The van der Waals surface area contributed by atoms with E-state index < -0.39 is 23.6 Å². The lowest BCUT2D eigenvalue weighted by Gasteiger charge is -2.27. The van der Waals surface area contributed by atoms with Crippen LogP contribution in [-0.4, -0.2) is 12.6 Å². The standard InChI is InChI=1S/C34H22O7/c35-33-22(16-19-8-1-3-11-24(19)40-33)31-30-21(29-18-37-26-13-5-6-14-27(26)38-29)10-7-15-28(30)39-32(31)23-17-20-9-2-4-12-25(20)41-34(23)36/h1-16,23,29H,17-18H2. The summed E-state index contributed by atoms with van der Waals surface area (Å²) in [5.41, 5.74) is 2.93. The molecular weight excluding hydrogens is 520 g/mol. The molecule has 200 valence electrons. The van der Waals surface area contributed by atoms with Gasteiger partial charge in [-0.05, 0) is 48.4 Å². The van der Waals surface area contributed by atoms with Crippen LogP contribution in [-0.2, 0) is 11.2 Å². The Morgan fingerprint density at radius 3 is 2.37 bits per heavy atom. The van der Waals surface area contributed by atoms with Crippen LogP contribution in [0.5, 0.6) is 17.2 Å². The summed E-state index contributed by atoms with van der Waals surface area (Å²) in [6.07, 6.45) is -0.115. The molecule has 0 aliphatic carbocycles. The van der Waals surface area contributed by atoms with Crippen molar-refractivity contribution in [1.82, 2.24) is 0 Å². The maximum absolute atomic E-state index is 13.6. The third-order valence-corrected chi connectivity index (χ3v) is 7.75. The first-order valence-electron chi connectivity index (χ1n) is 13.4. The second kappa shape index (κ2) is 9.13. The number of benzene rings is 4. The Balaban J connectivity index is 1.37. The Morgan fingerprint density at radius 1 is 0.707 bits per heavy atom. The van der Waals surface area contributed by atoms with Crippen molar-refractivity contribution in [3.63, 3.8) is 0 Å². The van der Waals surface area contributed by atoms with Crippen LogP contribution in [0, 0.1) is 0 Å². The smallest absolute Gasteiger partial charge is 0.344 e. The van der Waals surface area contributed by atoms with Crippen LogP contribution in [0.3, 0.4) is 0 Å². The minimum atomic E-state index is -0.768. The summed E-state index contributed by atoms with van der Waals surface area (Å²) in [5, 5.41) is 1.42. The van der Waals surface area contributed by atoms with Crippen molar-refractivity contribution >= 4 is 27.9 Å². The fourth-order valence-electron chi connectivity index (χ4n) is 5.84. The van der Waals surface area contributed by atoms with Crippen LogP contribution in [0.4, 0.5) is 0 Å². The molecule has 0 saturated carbocycles. The molecule has 4 heterocycles. The van der Waals surface area contributed by atoms with Crippen molar-refractivity contribution in [3.8, 4) is 28.4 Å². The van der Waals surface area contributed by atoms with Crippen molar-refractivity contribution in [2.45, 2.75) is 18.4 Å². The van der Waals surface area contributed by atoms with Gasteiger partial charge in [0.25, 0.3) is 0 Å². The zero-order valence-corrected chi connectivity index (χ0v) is 21.7. The highest BCUT2D eigenvalue weighted by Crippen LogP contribution is 2.46. The lowest BCUT2D eigenvalue weighted by atomic mass is 9.88. The number of carbonyl (C=O) groups is 1. The van der Waals surface area contributed by atoms with Crippen molar-refractivity contribution in [2.24, 2.45) is 0 Å². The van der Waals surface area contributed by atoms with Crippen LogP contribution in [0.15, 0.2) is 111 Å². The van der Waals surface area contributed by atoms with Gasteiger partial charge < -0.3 is 23.0 Å². The number of hydrogen-bond acceptors (Lipinski definition) is 7. The number of fused-ring (bicyclic) bond motifs is 4. The van der Waals surface area contributed by atoms with Gasteiger partial charge in [-0.15, -0.1) is 0 Å². The van der Waals surface area contributed by atoms with E-state index in [4.69, 9.17) is 23.0 Å². The second-order valence-electron chi connectivity index (χ2n) is 10.2. The topological polar surface area (TPSA) is 88.1 Å². The van der Waals surface area contributed by atoms with E-state index in [0.717, 1.165) is 16.5 Å². The van der Waals surface area contributed by atoms with Gasteiger partial charge in [0, 0.05) is 21.9 Å². The van der Waals surface area contributed by atoms with Crippen molar-refractivity contribution in [2.75, 3.05) is 6.61 Å². The molecule has 0 radical (unpaired) electrons. The summed E-state index contributed by atoms with van der Waals surface area (Å²) in [7, 11) is 0. The normalized spacial score (nSPS) is 17.8. The van der Waals surface area contributed by atoms with Crippen molar-refractivity contribution < 1.29 is 27.8 Å². The number of ether oxygens (including phenoxy) is 3. The highest BCUT2D eigenvalue weighted by Gasteiger charge is 2.37. The van der Waals surface area contributed by atoms with E-state index in [-0.39, 0.29) is 6.61 Å². The van der Waals surface area contributed by atoms with Gasteiger partial charge in [-0.2, -0.15) is 0 Å². The van der Waals surface area contributed by atoms with Gasteiger partial charge >= 0.3 is 11.6 Å². The number of furan rings is 1. The van der Waals surface area contributed by atoms with Crippen LogP contribution < -0.4 is 19.8 Å². The first-order valence-corrected chi connectivity index (χ1v) is 13.4. The molecule has 4 aromatic carbocycles. The molecule has 0 amide bonds. The molecule has 7 heteroatoms. The minimum absolute atomic E-state index is 0.265. The summed E-state index contributed by atoms with van der Waals surface area (Å²) >= 11 is 0. The van der Waals surface area contributed by atoms with Gasteiger partial charge in [0.05, 0.1) is 5.56 Å². The summed E-state index contributed by atoms with van der Waals surface area (Å²) < 4.78 is 30.4. The molecule has 2 aliphatic heterocycles. The molecule has 0 N–H and O–H groups in total. The number of carbonyl (C=O) groups excluding carboxylic acids is 1. The van der Waals surface area contributed by atoms with Gasteiger partial charge in [0.2, 0.25) is 0 Å². The van der Waals surface area contributed by atoms with Crippen LogP contribution in [0.25, 0.3) is 33.1 Å². The molecule has 0 saturated heterocycles. The first kappa shape index (κ1) is 23.6. The Kier molecular flexibility index (Phi) is 5.25. The fraction of sp³-hybridized carbons (Fsp3) is 0.118. The van der Waals surface area contributed by atoms with E-state index in [1.807, 2.05) is 78.9 Å². The molecule has 2 atom stereocenters. The van der Waals surface area contributed by atoms with Gasteiger partial charge in [-0.25, -0.2) is 4.79 Å². The van der Waals surface area contributed by atoms with Crippen LogP contribution in [0.2, 0.25) is 0 Å². The van der Waals surface area contributed by atoms with Crippen molar-refractivity contribution in [1.29, 1.82) is 0 Å². The molecule has 0 bridgehead atoms. The third kappa shape index (κ3) is 3.81. The SMILES string of the molecule is O=C1Oc2ccccc2CC1c1oc2cccc(C3COc4ccccc4O3)c2c1-c1cc2ccccc2oc1=O. The molecule has 0 fully saturated rings. The summed E-state index contributed by atoms with van der Waals surface area (Å²) in [5.74, 6) is 0.971. The largest absolute Gasteiger partial charge is 0.485 e. The Labute approximate surface area is 233 Å². The molecule has 0 spiro atoms. The highest BCUT2D eigenvalue weighted by molar-refractivity contribution is 6.01. The quantitative estimate of drug-likeness (QED) is 0.136. The second-order valence-corrected chi connectivity index (χ2v) is 10.2. The Hall–Kier alpha value is -5.30. The summed E-state index contributed by atoms with van der Waals surface area (Å²) in [6, 6.07) is 29.7. The highest BCUT2D eigenvalue weighted by atomic mass is 16.6. The molecule has 7 nitrogen and oxygen atoms in total. The Morgan fingerprint density at radius 2 is 1.46 bits per heavy atom. The zero-order valence-electron chi connectivity index (χ0n) is 21.7. The van der Waals surface area contributed by atoms with E-state index in [1.165, 1.54) is 0 Å². The van der Waals surface area contributed by atoms with E-state index in [9.17, 15) is 9.59 Å². The predicted molar refractivity (Wildman–Crippen MR) is 152 cm³/mol. The fourth-order valence-corrected chi connectivity index (χ4v) is 5.84. The molecule has 2 aliphatic rings. The summed E-state index contributed by atoms with van der Waals surface area (Å²) in [6.45, 7) is 0.265. The van der Waals surface area contributed by atoms with Crippen molar-refractivity contribution in [3.05, 3.63) is 124 Å². The maximum atomic E-state index is 13.6. The van der Waals surface area contributed by atoms with E-state index >= 15 is 0 Å². The number of hydrogen-bond donors (Lipinski definition) is 0. The number of esters is 1. The van der Waals surface area contributed by atoms with Gasteiger partial charge in [-0.3, -0.25) is 4.79 Å². The molecule has 2 aromatic heterocycles. The molecular formula is C34H22O7. The average molecular weight is 543 g/mol. The van der Waals surface area contributed by atoms with Gasteiger partial charge in [0.15, 0.2) is 17.6 Å². The average Bonchev–Trinajstić information content (AvgIpc) is 3.39. The van der Waals surface area contributed by atoms with Gasteiger partial charge in [0.1, 0.15) is 35.2 Å². The molecule has 6 aromatic rings. The molecule has 41 heavy (non-hydrogen) atoms. The van der Waals surface area contributed by atoms with E-state index in [2.05, 4.69) is 0 Å². The monoisotopic (exact) mass is 542 g/mol. The maximum Gasteiger partial charge on any atom is 0.344 e. The van der Waals surface area contributed by atoms with E-state index in [1.54, 1.807) is 18.2 Å². The lowest BCUT2D eigenvalue weighted by molar-refractivity contribution is -0.137. The van der Waals surface area contributed by atoms with Crippen LogP contribution >= 0.6 is 0 Å². The summed E-state index contributed by atoms with van der Waals surface area (Å²) in [4.78, 5) is 27.0. The zero-order chi connectivity index (χ0) is 27.5. The lowest BCUT2D eigenvalue weighted by Crippen LogP contribution is -2.26. The molecule has 8 rings (SSSR count). The van der Waals surface area contributed by atoms with E-state index in [0.29, 0.717) is 57.1 Å². The number of rotatable bonds is 3. The third-order valence-electron chi connectivity index (χ3n) is 7.75. The number of para-hydroxylation sites is 4. The predicted octanol–water partition coefficient (Wildman–Crippen LogP) is 6.96.